The van der Waals surface area contributed by atoms with Gasteiger partial charge in [0.2, 0.25) is 5.91 Å². The van der Waals surface area contributed by atoms with E-state index in [4.69, 9.17) is 5.26 Å². The smallest absolute Gasteiger partial charge is 0.269 e. The molecule has 0 fully saturated rings. The normalized spacial score (nSPS) is 11.4. The van der Waals surface area contributed by atoms with Gasteiger partial charge in [-0.2, -0.15) is 5.26 Å². The molecule has 0 N–H and O–H groups in total. The summed E-state index contributed by atoms with van der Waals surface area (Å²) in [5.74, 6) is -0.0386. The maximum Gasteiger partial charge on any atom is 0.269 e. The molecule has 2 rings (SSSR count). The van der Waals surface area contributed by atoms with Gasteiger partial charge in [-0.1, -0.05) is 24.3 Å². The lowest BCUT2D eigenvalue weighted by Crippen LogP contribution is -2.29. The van der Waals surface area contributed by atoms with Gasteiger partial charge in [-0.05, 0) is 36.6 Å². The van der Waals surface area contributed by atoms with Crippen LogP contribution in [-0.2, 0) is 11.2 Å². The Morgan fingerprint density at radius 3 is 2.56 bits per heavy atom. The van der Waals surface area contributed by atoms with E-state index in [1.54, 1.807) is 36.2 Å². The van der Waals surface area contributed by atoms with Gasteiger partial charge in [-0.25, -0.2) is 0 Å². The third-order valence-corrected chi connectivity index (χ3v) is 4.25. The van der Waals surface area contributed by atoms with Crippen LogP contribution in [0.2, 0.25) is 0 Å². The van der Waals surface area contributed by atoms with E-state index in [1.165, 1.54) is 12.1 Å². The van der Waals surface area contributed by atoms with E-state index < -0.39 is 4.92 Å². The van der Waals surface area contributed by atoms with Gasteiger partial charge in [0.25, 0.3) is 5.69 Å². The minimum atomic E-state index is -0.442. The molecule has 0 aliphatic carbocycles. The maximum atomic E-state index is 12.4. The molecule has 0 aliphatic rings. The molecule has 0 aromatic heterocycles. The second-order valence-corrected chi connectivity index (χ2v) is 5.84. The topological polar surface area (TPSA) is 87.2 Å². The van der Waals surface area contributed by atoms with Crippen LogP contribution in [0.3, 0.4) is 0 Å². The summed E-state index contributed by atoms with van der Waals surface area (Å²) in [4.78, 5) is 24.5. The van der Waals surface area contributed by atoms with E-state index in [9.17, 15) is 14.9 Å². The quantitative estimate of drug-likeness (QED) is 0.595. The summed E-state index contributed by atoms with van der Waals surface area (Å²) < 4.78 is 0. The first-order chi connectivity index (χ1) is 11.9. The van der Waals surface area contributed by atoms with Gasteiger partial charge >= 0.3 is 0 Å². The Balaban J connectivity index is 1.99. The molecule has 6 nitrogen and oxygen atoms in total. The van der Waals surface area contributed by atoms with Gasteiger partial charge in [-0.3, -0.25) is 14.9 Å². The van der Waals surface area contributed by atoms with Crippen molar-refractivity contribution in [2.45, 2.75) is 25.8 Å². The van der Waals surface area contributed by atoms with Gasteiger partial charge < -0.3 is 4.90 Å². The second-order valence-electron chi connectivity index (χ2n) is 5.84. The van der Waals surface area contributed by atoms with E-state index in [2.05, 4.69) is 6.07 Å². The lowest BCUT2D eigenvalue weighted by atomic mass is 10.0. The molecule has 0 saturated carbocycles. The molecule has 0 bridgehead atoms. The first kappa shape index (κ1) is 18.1. The van der Waals surface area contributed by atoms with E-state index in [-0.39, 0.29) is 17.6 Å². The minimum absolute atomic E-state index is 0.0165. The molecule has 1 atom stereocenters. The molecule has 0 aliphatic heterocycles. The average molecular weight is 337 g/mol. The molecule has 0 saturated heterocycles. The number of carbonyl (C=O) groups is 1. The van der Waals surface area contributed by atoms with Crippen LogP contribution in [0.1, 0.15) is 36.1 Å². The summed E-state index contributed by atoms with van der Waals surface area (Å²) in [6.07, 6.45) is 0.915. The highest BCUT2D eigenvalue weighted by Gasteiger charge is 2.19. The molecular weight excluding hydrogens is 318 g/mol. The van der Waals surface area contributed by atoms with Crippen LogP contribution in [-0.4, -0.2) is 22.8 Å². The zero-order valence-corrected chi connectivity index (χ0v) is 14.2. The monoisotopic (exact) mass is 337 g/mol. The summed E-state index contributed by atoms with van der Waals surface area (Å²) in [7, 11) is 1.70. The van der Waals surface area contributed by atoms with Gasteiger partial charge in [0.05, 0.1) is 22.6 Å². The van der Waals surface area contributed by atoms with E-state index in [0.717, 1.165) is 11.1 Å². The summed E-state index contributed by atoms with van der Waals surface area (Å²) in [5.41, 5.74) is 2.32. The Morgan fingerprint density at radius 2 is 1.96 bits per heavy atom. The predicted octanol–water partition coefficient (Wildman–Crippen LogP) is 3.62. The average Bonchev–Trinajstić information content (AvgIpc) is 2.65. The molecular formula is C19H19N3O3. The number of aryl methyl sites for hydroxylation is 1. The first-order valence-electron chi connectivity index (χ1n) is 7.91. The standard InChI is InChI=1S/C19H19N3O3/c1-14(17-4-3-5-18(12-17)22(24)25)21(2)19(23)11-10-15-6-8-16(13-20)9-7-15/h3-9,12,14H,10-11H2,1-2H3. The van der Waals surface area contributed by atoms with Crippen molar-refractivity contribution in [3.63, 3.8) is 0 Å². The lowest BCUT2D eigenvalue weighted by molar-refractivity contribution is -0.384. The zero-order chi connectivity index (χ0) is 18.4. The fourth-order valence-corrected chi connectivity index (χ4v) is 2.51. The fourth-order valence-electron chi connectivity index (χ4n) is 2.51. The summed E-state index contributed by atoms with van der Waals surface area (Å²) in [6.45, 7) is 1.85. The van der Waals surface area contributed by atoms with E-state index >= 15 is 0 Å². The number of nitrogens with zero attached hydrogens (tertiary/aromatic N) is 3. The SMILES string of the molecule is CC(c1cccc([N+](=O)[O-])c1)N(C)C(=O)CCc1ccc(C#N)cc1. The highest BCUT2D eigenvalue weighted by Crippen LogP contribution is 2.23. The molecule has 2 aromatic rings. The van der Waals surface area contributed by atoms with Gasteiger partial charge in [0.1, 0.15) is 0 Å². The Kier molecular flexibility index (Phi) is 5.85. The highest BCUT2D eigenvalue weighted by atomic mass is 16.6. The van der Waals surface area contributed by atoms with Crippen LogP contribution >= 0.6 is 0 Å². The predicted molar refractivity (Wildman–Crippen MR) is 93.8 cm³/mol. The Labute approximate surface area is 146 Å². The van der Waals surface area contributed by atoms with Crippen molar-refractivity contribution in [1.82, 2.24) is 4.90 Å². The number of nitro benzene ring substituents is 1. The van der Waals surface area contributed by atoms with Crippen molar-refractivity contribution in [1.29, 1.82) is 5.26 Å². The van der Waals surface area contributed by atoms with Gasteiger partial charge in [0.15, 0.2) is 0 Å². The van der Waals surface area contributed by atoms with Gasteiger partial charge in [0, 0.05) is 25.6 Å². The number of carbonyl (C=O) groups excluding carboxylic acids is 1. The third-order valence-electron chi connectivity index (χ3n) is 4.25. The molecule has 0 radical (unpaired) electrons. The molecule has 1 amide bonds. The molecule has 25 heavy (non-hydrogen) atoms. The van der Waals surface area contributed by atoms with E-state index in [0.29, 0.717) is 18.4 Å². The zero-order valence-electron chi connectivity index (χ0n) is 14.2. The van der Waals surface area contributed by atoms with Gasteiger partial charge in [-0.15, -0.1) is 0 Å². The molecule has 128 valence electrons. The van der Waals surface area contributed by atoms with Crippen molar-refractivity contribution in [2.75, 3.05) is 7.05 Å². The number of hydrogen-bond donors (Lipinski definition) is 0. The van der Waals surface area contributed by atoms with Crippen LogP contribution in [0.4, 0.5) is 5.69 Å². The van der Waals surface area contributed by atoms with Crippen molar-refractivity contribution in [3.05, 3.63) is 75.3 Å². The number of non-ortho nitro benzene ring substituents is 1. The van der Waals surface area contributed by atoms with Crippen molar-refractivity contribution >= 4 is 11.6 Å². The molecule has 6 heteroatoms. The summed E-state index contributed by atoms with van der Waals surface area (Å²) in [6, 6.07) is 15.3. The number of benzene rings is 2. The molecule has 2 aromatic carbocycles. The number of hydrogen-bond acceptors (Lipinski definition) is 4. The molecule has 0 heterocycles. The van der Waals surface area contributed by atoms with Crippen molar-refractivity contribution in [2.24, 2.45) is 0 Å². The highest BCUT2D eigenvalue weighted by molar-refractivity contribution is 5.76. The Hall–Kier alpha value is -3.20. The number of amides is 1. The van der Waals surface area contributed by atoms with Crippen LogP contribution in [0.5, 0.6) is 0 Å². The van der Waals surface area contributed by atoms with Crippen LogP contribution in [0.15, 0.2) is 48.5 Å². The molecule has 0 spiro atoms. The van der Waals surface area contributed by atoms with Crippen LogP contribution in [0, 0.1) is 21.4 Å². The number of rotatable bonds is 6. The largest absolute Gasteiger partial charge is 0.339 e. The third kappa shape index (κ3) is 4.64. The summed E-state index contributed by atoms with van der Waals surface area (Å²) in [5, 5.41) is 19.7. The van der Waals surface area contributed by atoms with Crippen molar-refractivity contribution < 1.29 is 9.72 Å². The van der Waals surface area contributed by atoms with E-state index in [1.807, 2.05) is 19.1 Å². The van der Waals surface area contributed by atoms with Crippen molar-refractivity contribution in [3.8, 4) is 6.07 Å². The minimum Gasteiger partial charge on any atom is -0.339 e. The Bertz CT molecular complexity index is 809. The second kappa shape index (κ2) is 8.06. The Morgan fingerprint density at radius 1 is 1.28 bits per heavy atom. The fraction of sp³-hybridized carbons (Fsp3) is 0.263. The lowest BCUT2D eigenvalue weighted by Gasteiger charge is -2.25. The first-order valence-corrected chi connectivity index (χ1v) is 7.91. The van der Waals surface area contributed by atoms with Crippen LogP contribution in [0.25, 0.3) is 0 Å². The molecule has 1 unspecified atom stereocenters. The number of nitro groups is 1. The van der Waals surface area contributed by atoms with Crippen LogP contribution < -0.4 is 0 Å². The maximum absolute atomic E-state index is 12.4. The summed E-state index contributed by atoms with van der Waals surface area (Å²) >= 11 is 0. The number of nitriles is 1.